The third-order valence-corrected chi connectivity index (χ3v) is 5.64. The van der Waals surface area contributed by atoms with E-state index in [1.54, 1.807) is 31.2 Å². The molecule has 0 bridgehead atoms. The van der Waals surface area contributed by atoms with E-state index in [1.165, 1.54) is 11.1 Å². The fourth-order valence-electron chi connectivity index (χ4n) is 3.53. The number of aliphatic hydroxyl groups excluding tert-OH is 1. The number of rotatable bonds is 9. The fourth-order valence-corrected chi connectivity index (χ4v) is 4.10. The molecular weight excluding hydrogens is 418 g/mol. The molecule has 1 amide bonds. The van der Waals surface area contributed by atoms with Gasteiger partial charge in [0.05, 0.1) is 18.0 Å². The number of carbonyl (C=O) groups is 1. The summed E-state index contributed by atoms with van der Waals surface area (Å²) in [7, 11) is -3.48. The van der Waals surface area contributed by atoms with Crippen LogP contribution in [-0.4, -0.2) is 62.4 Å². The molecular formula is C22H29N3O5S. The highest BCUT2D eigenvalue weighted by Gasteiger charge is 2.21. The Labute approximate surface area is 183 Å². The molecule has 31 heavy (non-hydrogen) atoms. The average Bonchev–Trinajstić information content (AvgIpc) is 2.72. The Morgan fingerprint density at radius 3 is 2.58 bits per heavy atom. The molecule has 0 spiro atoms. The molecule has 2 unspecified atom stereocenters. The van der Waals surface area contributed by atoms with Crippen LogP contribution in [0.1, 0.15) is 18.1 Å². The molecule has 0 radical (unpaired) electrons. The number of carbonyl (C=O) groups excluding carboxylic acids is 1. The molecule has 0 aliphatic carbocycles. The van der Waals surface area contributed by atoms with Gasteiger partial charge in [-0.25, -0.2) is 8.42 Å². The Bertz CT molecular complexity index is 1010. The van der Waals surface area contributed by atoms with Crippen molar-refractivity contribution in [1.29, 1.82) is 0 Å². The lowest BCUT2D eigenvalue weighted by Gasteiger charge is -2.30. The van der Waals surface area contributed by atoms with Crippen molar-refractivity contribution in [2.24, 2.45) is 0 Å². The van der Waals surface area contributed by atoms with Crippen LogP contribution < -0.4 is 14.8 Å². The highest BCUT2D eigenvalue weighted by atomic mass is 32.2. The minimum atomic E-state index is -3.48. The molecule has 0 aromatic heterocycles. The molecule has 1 aliphatic rings. The van der Waals surface area contributed by atoms with Crippen LogP contribution in [0.5, 0.6) is 5.75 Å². The molecule has 3 rings (SSSR count). The van der Waals surface area contributed by atoms with Crippen LogP contribution in [0.25, 0.3) is 0 Å². The zero-order valence-corrected chi connectivity index (χ0v) is 18.6. The number of hydrogen-bond donors (Lipinski definition) is 3. The quantitative estimate of drug-likeness (QED) is 0.536. The lowest BCUT2D eigenvalue weighted by molar-refractivity contribution is -0.127. The van der Waals surface area contributed by atoms with E-state index < -0.39 is 28.1 Å². The molecule has 1 aliphatic heterocycles. The third-order valence-electron chi connectivity index (χ3n) is 5.05. The zero-order chi connectivity index (χ0) is 22.4. The van der Waals surface area contributed by atoms with Crippen molar-refractivity contribution < 1.29 is 23.1 Å². The number of anilines is 1. The number of β-amino-alcohol motifs (C(OH)–C–C–N with tert-alkyl or cyclic N) is 1. The van der Waals surface area contributed by atoms with E-state index in [1.807, 2.05) is 12.1 Å². The topological polar surface area (TPSA) is 108 Å². The minimum absolute atomic E-state index is 0.105. The van der Waals surface area contributed by atoms with E-state index >= 15 is 0 Å². The summed E-state index contributed by atoms with van der Waals surface area (Å²) in [5.41, 5.74) is 2.88. The molecule has 2 atom stereocenters. The van der Waals surface area contributed by atoms with Crippen molar-refractivity contribution in [3.05, 3.63) is 59.7 Å². The Balaban J connectivity index is 1.47. The number of nitrogens with zero attached hydrogens (tertiary/aromatic N) is 1. The monoisotopic (exact) mass is 447 g/mol. The molecule has 0 fully saturated rings. The number of para-hydroxylation sites is 2. The summed E-state index contributed by atoms with van der Waals surface area (Å²) in [5.74, 6) is -0.139. The number of sulfonamides is 1. The molecule has 2 aromatic rings. The predicted octanol–water partition coefficient (Wildman–Crippen LogP) is 1.36. The highest BCUT2D eigenvalue weighted by Crippen LogP contribution is 2.25. The number of nitrogens with one attached hydrogen (secondary N) is 2. The number of aliphatic hydroxyl groups is 1. The van der Waals surface area contributed by atoms with Crippen LogP contribution >= 0.6 is 0 Å². The van der Waals surface area contributed by atoms with Crippen molar-refractivity contribution in [2.75, 3.05) is 30.6 Å². The van der Waals surface area contributed by atoms with Crippen LogP contribution in [0, 0.1) is 0 Å². The zero-order valence-electron chi connectivity index (χ0n) is 17.7. The molecule has 0 saturated carbocycles. The van der Waals surface area contributed by atoms with E-state index in [4.69, 9.17) is 4.74 Å². The summed E-state index contributed by atoms with van der Waals surface area (Å²) in [4.78, 5) is 14.6. The van der Waals surface area contributed by atoms with Gasteiger partial charge in [0.15, 0.2) is 6.10 Å². The average molecular weight is 448 g/mol. The van der Waals surface area contributed by atoms with Gasteiger partial charge in [-0.05, 0) is 36.6 Å². The van der Waals surface area contributed by atoms with Gasteiger partial charge >= 0.3 is 0 Å². The fraction of sp³-hybridized carbons (Fsp3) is 0.409. The molecule has 3 N–H and O–H groups in total. The van der Waals surface area contributed by atoms with E-state index in [0.29, 0.717) is 6.54 Å². The number of hydrogen-bond acceptors (Lipinski definition) is 6. The Morgan fingerprint density at radius 2 is 1.84 bits per heavy atom. The smallest absolute Gasteiger partial charge is 0.260 e. The molecule has 8 nitrogen and oxygen atoms in total. The SMILES string of the molecule is CC(Oc1ccccc1NS(C)(=O)=O)C(=O)NCC(O)CN1CCc2ccccc2C1. The van der Waals surface area contributed by atoms with E-state index in [9.17, 15) is 18.3 Å². The second-order valence-electron chi connectivity index (χ2n) is 7.78. The highest BCUT2D eigenvalue weighted by molar-refractivity contribution is 7.92. The van der Waals surface area contributed by atoms with Crippen LogP contribution in [0.2, 0.25) is 0 Å². The first-order chi connectivity index (χ1) is 14.7. The van der Waals surface area contributed by atoms with Gasteiger partial charge in [0, 0.05) is 26.2 Å². The summed E-state index contributed by atoms with van der Waals surface area (Å²) in [6.07, 6.45) is 0.417. The minimum Gasteiger partial charge on any atom is -0.479 e. The van der Waals surface area contributed by atoms with E-state index in [0.717, 1.165) is 25.8 Å². The van der Waals surface area contributed by atoms with Crippen molar-refractivity contribution >= 4 is 21.6 Å². The summed E-state index contributed by atoms with van der Waals surface area (Å²) < 4.78 is 31.0. The van der Waals surface area contributed by atoms with E-state index in [-0.39, 0.29) is 18.0 Å². The first-order valence-electron chi connectivity index (χ1n) is 10.2. The van der Waals surface area contributed by atoms with Crippen molar-refractivity contribution in [3.63, 3.8) is 0 Å². The first-order valence-corrected chi connectivity index (χ1v) is 12.1. The summed E-state index contributed by atoms with van der Waals surface area (Å²) in [6, 6.07) is 14.8. The summed E-state index contributed by atoms with van der Waals surface area (Å²) in [6.45, 7) is 3.79. The second kappa shape index (κ2) is 10.1. The standard InChI is InChI=1S/C22H29N3O5S/c1-16(30-21-10-6-5-9-20(21)24-31(2,28)29)22(27)23-13-19(26)15-25-12-11-17-7-3-4-8-18(17)14-25/h3-10,16,19,24,26H,11-15H2,1-2H3,(H,23,27). The third kappa shape index (κ3) is 6.95. The lowest BCUT2D eigenvalue weighted by atomic mass is 10.00. The first kappa shape index (κ1) is 23.1. The molecule has 1 heterocycles. The van der Waals surface area contributed by atoms with Gasteiger partial charge in [0.1, 0.15) is 5.75 Å². The summed E-state index contributed by atoms with van der Waals surface area (Å²) >= 11 is 0. The lowest BCUT2D eigenvalue weighted by Crippen LogP contribution is -2.44. The van der Waals surface area contributed by atoms with Gasteiger partial charge in [-0.2, -0.15) is 0 Å². The van der Waals surface area contributed by atoms with Crippen LogP contribution in [0.4, 0.5) is 5.69 Å². The molecule has 0 saturated heterocycles. The van der Waals surface area contributed by atoms with Crippen molar-refractivity contribution in [2.45, 2.75) is 32.1 Å². The van der Waals surface area contributed by atoms with Gasteiger partial charge in [0.2, 0.25) is 10.0 Å². The largest absolute Gasteiger partial charge is 0.479 e. The number of fused-ring (bicyclic) bond motifs is 1. The van der Waals surface area contributed by atoms with Crippen LogP contribution in [0.3, 0.4) is 0 Å². The Kier molecular flexibility index (Phi) is 7.53. The van der Waals surface area contributed by atoms with Gasteiger partial charge in [0.25, 0.3) is 5.91 Å². The Hall–Kier alpha value is -2.62. The predicted molar refractivity (Wildman–Crippen MR) is 119 cm³/mol. The maximum absolute atomic E-state index is 12.4. The maximum Gasteiger partial charge on any atom is 0.260 e. The Morgan fingerprint density at radius 1 is 1.16 bits per heavy atom. The van der Waals surface area contributed by atoms with Crippen LogP contribution in [-0.2, 0) is 27.8 Å². The molecule has 2 aromatic carbocycles. The number of amides is 1. The van der Waals surface area contributed by atoms with Crippen LogP contribution in [0.15, 0.2) is 48.5 Å². The van der Waals surface area contributed by atoms with E-state index in [2.05, 4.69) is 27.1 Å². The van der Waals surface area contributed by atoms with Gasteiger partial charge in [-0.15, -0.1) is 0 Å². The van der Waals surface area contributed by atoms with Gasteiger partial charge < -0.3 is 15.2 Å². The number of ether oxygens (including phenoxy) is 1. The normalized spacial score (nSPS) is 16.1. The molecule has 168 valence electrons. The van der Waals surface area contributed by atoms with Gasteiger partial charge in [-0.1, -0.05) is 36.4 Å². The molecule has 9 heteroatoms. The van der Waals surface area contributed by atoms with Gasteiger partial charge in [-0.3, -0.25) is 14.4 Å². The number of benzene rings is 2. The summed E-state index contributed by atoms with van der Waals surface area (Å²) in [5, 5.41) is 13.1. The van der Waals surface area contributed by atoms with Crippen molar-refractivity contribution in [1.82, 2.24) is 10.2 Å². The van der Waals surface area contributed by atoms with Crippen molar-refractivity contribution in [3.8, 4) is 5.75 Å². The second-order valence-corrected chi connectivity index (χ2v) is 9.53. The maximum atomic E-state index is 12.4.